The normalized spacial score (nSPS) is 10.9. The van der Waals surface area contributed by atoms with Crippen LogP contribution in [0, 0.1) is 12.7 Å². The van der Waals surface area contributed by atoms with E-state index in [1.165, 1.54) is 13.0 Å². The highest BCUT2D eigenvalue weighted by molar-refractivity contribution is 9.10. The lowest BCUT2D eigenvalue weighted by Gasteiger charge is -1.95. The van der Waals surface area contributed by atoms with Gasteiger partial charge in [-0.25, -0.2) is 4.39 Å². The summed E-state index contributed by atoms with van der Waals surface area (Å²) in [5.41, 5.74) is 1.65. The Morgan fingerprint density at radius 1 is 1.47 bits per heavy atom. The van der Waals surface area contributed by atoms with Crippen molar-refractivity contribution in [3.63, 3.8) is 0 Å². The van der Waals surface area contributed by atoms with Gasteiger partial charge < -0.3 is 4.98 Å². The van der Waals surface area contributed by atoms with Crippen LogP contribution in [0.25, 0.3) is 10.9 Å². The first-order chi connectivity index (χ1) is 7.00. The van der Waals surface area contributed by atoms with E-state index < -0.39 is 0 Å². The summed E-state index contributed by atoms with van der Waals surface area (Å²) in [4.78, 5) is 14.1. The average molecular weight is 270 g/mol. The number of nitrogens with one attached hydrogen (secondary N) is 1. The summed E-state index contributed by atoms with van der Waals surface area (Å²) in [5.74, 6) is -0.436. The largest absolute Gasteiger partial charge is 0.350 e. The summed E-state index contributed by atoms with van der Waals surface area (Å²) < 4.78 is 14.2. The van der Waals surface area contributed by atoms with E-state index in [-0.39, 0.29) is 11.6 Å². The van der Waals surface area contributed by atoms with Crippen molar-refractivity contribution in [2.75, 3.05) is 0 Å². The minimum Gasteiger partial charge on any atom is -0.350 e. The van der Waals surface area contributed by atoms with Crippen molar-refractivity contribution in [2.24, 2.45) is 0 Å². The molecule has 0 aliphatic carbocycles. The highest BCUT2D eigenvalue weighted by Gasteiger charge is 2.14. The van der Waals surface area contributed by atoms with E-state index in [2.05, 4.69) is 20.9 Å². The first-order valence-corrected chi connectivity index (χ1v) is 5.28. The third kappa shape index (κ3) is 1.59. The number of H-pyrrole nitrogens is 1. The number of carbonyl (C=O) groups is 1. The second-order valence-corrected chi connectivity index (χ2v) is 4.41. The van der Waals surface area contributed by atoms with Crippen LogP contribution in [-0.2, 0) is 0 Å². The smallest absolute Gasteiger partial charge is 0.176 e. The van der Waals surface area contributed by atoms with E-state index in [0.29, 0.717) is 15.7 Å². The average Bonchev–Trinajstić information content (AvgIpc) is 2.44. The number of ketones is 1. The molecule has 0 radical (unpaired) electrons. The molecule has 0 atom stereocenters. The van der Waals surface area contributed by atoms with Gasteiger partial charge in [-0.3, -0.25) is 4.79 Å². The Morgan fingerprint density at radius 2 is 2.13 bits per heavy atom. The molecule has 1 aromatic heterocycles. The molecule has 1 N–H and O–H groups in total. The fourth-order valence-corrected chi connectivity index (χ4v) is 2.13. The van der Waals surface area contributed by atoms with Crippen LogP contribution in [0.4, 0.5) is 4.39 Å². The third-order valence-electron chi connectivity index (χ3n) is 2.44. The molecule has 0 aliphatic heterocycles. The second kappa shape index (κ2) is 3.45. The summed E-state index contributed by atoms with van der Waals surface area (Å²) in [7, 11) is 0. The standard InChI is InChI=1S/C11H9BrFNO/c1-5-8-3-7(12)4-9(13)11(8)14-10(5)6(2)15/h3-4,14H,1-2H3. The quantitative estimate of drug-likeness (QED) is 0.789. The molecule has 0 saturated carbocycles. The number of Topliss-reactive ketones (excluding diaryl/α,β-unsaturated/α-hetero) is 1. The van der Waals surface area contributed by atoms with Crippen molar-refractivity contribution >= 4 is 32.6 Å². The molecule has 0 bridgehead atoms. The second-order valence-electron chi connectivity index (χ2n) is 3.49. The van der Waals surface area contributed by atoms with Crippen LogP contribution in [0.3, 0.4) is 0 Å². The van der Waals surface area contributed by atoms with Gasteiger partial charge in [0.25, 0.3) is 0 Å². The monoisotopic (exact) mass is 269 g/mol. The zero-order chi connectivity index (χ0) is 11.2. The maximum Gasteiger partial charge on any atom is 0.176 e. The molecule has 0 saturated heterocycles. The van der Waals surface area contributed by atoms with Gasteiger partial charge in [-0.2, -0.15) is 0 Å². The Bertz CT molecular complexity index is 559. The van der Waals surface area contributed by atoms with E-state index in [4.69, 9.17) is 0 Å². The first-order valence-electron chi connectivity index (χ1n) is 4.49. The van der Waals surface area contributed by atoms with Crippen molar-refractivity contribution in [1.29, 1.82) is 0 Å². The van der Waals surface area contributed by atoms with Gasteiger partial charge >= 0.3 is 0 Å². The van der Waals surface area contributed by atoms with Crippen LogP contribution in [0.2, 0.25) is 0 Å². The Labute approximate surface area is 94.6 Å². The summed E-state index contributed by atoms with van der Waals surface area (Å²) in [6.07, 6.45) is 0. The molecule has 2 aromatic rings. The van der Waals surface area contributed by atoms with Gasteiger partial charge in [-0.05, 0) is 24.6 Å². The minimum atomic E-state index is -0.352. The van der Waals surface area contributed by atoms with Crippen LogP contribution in [-0.4, -0.2) is 10.8 Å². The molecule has 1 heterocycles. The highest BCUT2D eigenvalue weighted by Crippen LogP contribution is 2.27. The summed E-state index contributed by atoms with van der Waals surface area (Å²) in [5, 5.41) is 0.743. The molecular weight excluding hydrogens is 261 g/mol. The molecule has 2 rings (SSSR count). The van der Waals surface area contributed by atoms with E-state index in [1.54, 1.807) is 13.0 Å². The number of aromatic nitrogens is 1. The van der Waals surface area contributed by atoms with Gasteiger partial charge in [0.1, 0.15) is 5.82 Å². The lowest BCUT2D eigenvalue weighted by Crippen LogP contribution is -1.93. The van der Waals surface area contributed by atoms with E-state index in [0.717, 1.165) is 10.9 Å². The molecule has 15 heavy (non-hydrogen) atoms. The maximum absolute atomic E-state index is 13.5. The number of aromatic amines is 1. The predicted molar refractivity (Wildman–Crippen MR) is 60.7 cm³/mol. The number of halogens is 2. The maximum atomic E-state index is 13.5. The van der Waals surface area contributed by atoms with Gasteiger partial charge in [0.05, 0.1) is 11.2 Å². The van der Waals surface area contributed by atoms with E-state index >= 15 is 0 Å². The van der Waals surface area contributed by atoms with Crippen molar-refractivity contribution in [2.45, 2.75) is 13.8 Å². The molecular formula is C11H9BrFNO. The molecule has 0 amide bonds. The molecule has 0 spiro atoms. The molecule has 0 unspecified atom stereocenters. The molecule has 0 fully saturated rings. The van der Waals surface area contributed by atoms with Crippen LogP contribution < -0.4 is 0 Å². The molecule has 1 aromatic carbocycles. The Hall–Kier alpha value is -1.16. The number of fused-ring (bicyclic) bond motifs is 1. The van der Waals surface area contributed by atoms with Crippen LogP contribution in [0.5, 0.6) is 0 Å². The zero-order valence-electron chi connectivity index (χ0n) is 8.32. The molecule has 78 valence electrons. The molecule has 4 heteroatoms. The number of carbonyl (C=O) groups excluding carboxylic acids is 1. The Morgan fingerprint density at radius 3 is 2.73 bits per heavy atom. The molecule has 0 aliphatic rings. The predicted octanol–water partition coefficient (Wildman–Crippen LogP) is 3.58. The van der Waals surface area contributed by atoms with Gasteiger partial charge in [0.15, 0.2) is 5.78 Å². The lowest BCUT2D eigenvalue weighted by atomic mass is 10.1. The van der Waals surface area contributed by atoms with Crippen molar-refractivity contribution in [3.8, 4) is 0 Å². The summed E-state index contributed by atoms with van der Waals surface area (Å²) in [6, 6.07) is 3.18. The van der Waals surface area contributed by atoms with Gasteiger partial charge in [0.2, 0.25) is 0 Å². The Kier molecular flexibility index (Phi) is 2.38. The van der Waals surface area contributed by atoms with Crippen LogP contribution in [0.1, 0.15) is 23.0 Å². The van der Waals surface area contributed by atoms with E-state index in [9.17, 15) is 9.18 Å². The zero-order valence-corrected chi connectivity index (χ0v) is 9.90. The third-order valence-corrected chi connectivity index (χ3v) is 2.89. The van der Waals surface area contributed by atoms with Crippen molar-refractivity contribution < 1.29 is 9.18 Å². The number of rotatable bonds is 1. The SMILES string of the molecule is CC(=O)c1[nH]c2c(F)cc(Br)cc2c1C. The summed E-state index contributed by atoms with van der Waals surface area (Å²) in [6.45, 7) is 3.27. The fraction of sp³-hybridized carbons (Fsp3) is 0.182. The van der Waals surface area contributed by atoms with Crippen LogP contribution in [0.15, 0.2) is 16.6 Å². The summed E-state index contributed by atoms with van der Waals surface area (Å²) >= 11 is 3.22. The first kappa shape index (κ1) is 10.4. The Balaban J connectivity index is 2.88. The fourth-order valence-electron chi connectivity index (χ4n) is 1.70. The van der Waals surface area contributed by atoms with Gasteiger partial charge in [-0.15, -0.1) is 0 Å². The molecule has 2 nitrogen and oxygen atoms in total. The number of aryl methyl sites for hydroxylation is 1. The minimum absolute atomic E-state index is 0.0841. The topological polar surface area (TPSA) is 32.9 Å². The van der Waals surface area contributed by atoms with Gasteiger partial charge in [0, 0.05) is 16.8 Å². The van der Waals surface area contributed by atoms with Crippen LogP contribution >= 0.6 is 15.9 Å². The number of hydrogen-bond acceptors (Lipinski definition) is 1. The lowest BCUT2D eigenvalue weighted by molar-refractivity contribution is 0.101. The number of benzene rings is 1. The highest BCUT2D eigenvalue weighted by atomic mass is 79.9. The van der Waals surface area contributed by atoms with E-state index in [1.807, 2.05) is 0 Å². The van der Waals surface area contributed by atoms with Gasteiger partial charge in [-0.1, -0.05) is 15.9 Å². The van der Waals surface area contributed by atoms with Crippen molar-refractivity contribution in [1.82, 2.24) is 4.98 Å². The number of hydrogen-bond donors (Lipinski definition) is 1. The van der Waals surface area contributed by atoms with Crippen molar-refractivity contribution in [3.05, 3.63) is 33.7 Å².